The quantitative estimate of drug-likeness (QED) is 0.433. The first-order chi connectivity index (χ1) is 16.0. The normalized spacial score (nSPS) is 14.8. The van der Waals surface area contributed by atoms with Gasteiger partial charge in [0.15, 0.2) is 0 Å². The molecule has 3 rings (SSSR count). The van der Waals surface area contributed by atoms with Gasteiger partial charge in [-0.1, -0.05) is 13.8 Å². The lowest BCUT2D eigenvalue weighted by molar-refractivity contribution is -0.137. The number of nitrogens with one attached hydrogen (secondary N) is 1. The van der Waals surface area contributed by atoms with Gasteiger partial charge in [-0.15, -0.1) is 0 Å². The summed E-state index contributed by atoms with van der Waals surface area (Å²) in [6, 6.07) is 1.88. The van der Waals surface area contributed by atoms with Crippen molar-refractivity contribution in [2.24, 2.45) is 0 Å². The molecule has 34 heavy (non-hydrogen) atoms. The van der Waals surface area contributed by atoms with E-state index in [2.05, 4.69) is 15.3 Å². The zero-order chi connectivity index (χ0) is 25.5. The van der Waals surface area contributed by atoms with Gasteiger partial charge in [0.05, 0.1) is 30.5 Å². The van der Waals surface area contributed by atoms with Crippen LogP contribution in [-0.4, -0.2) is 47.1 Å². The lowest BCUT2D eigenvalue weighted by Gasteiger charge is -2.25. The number of hydrogen-bond donors (Lipinski definition) is 1. The molecule has 1 N–H and O–H groups in total. The molecule has 2 aromatic rings. The van der Waals surface area contributed by atoms with Gasteiger partial charge in [-0.25, -0.2) is 14.4 Å². The number of anilines is 1. The topological polar surface area (TPSA) is 67.4 Å². The standard InChI is InChI=1S/C17H18ClF4N3.C6H11NO2/c1-4-13-14(5-2)24-16(18)25-15(13)23-9(3)10-6-11(17(20,21)22)8-12(19)7-10;1-6(8)7-2-4-9-5-3-7/h6-9H,4-5H2,1-3H3,(H,23,24,25);2-5H2,1H3. The van der Waals surface area contributed by atoms with Crippen molar-refractivity contribution < 1.29 is 27.1 Å². The highest BCUT2D eigenvalue weighted by molar-refractivity contribution is 6.28. The molecule has 0 radical (unpaired) electrons. The fourth-order valence-corrected chi connectivity index (χ4v) is 3.66. The Hall–Kier alpha value is -2.46. The molecule has 1 aromatic carbocycles. The van der Waals surface area contributed by atoms with Gasteiger partial charge in [0, 0.05) is 25.6 Å². The first-order valence-corrected chi connectivity index (χ1v) is 11.4. The highest BCUT2D eigenvalue weighted by Crippen LogP contribution is 2.33. The van der Waals surface area contributed by atoms with Crippen LogP contribution in [0.5, 0.6) is 0 Å². The van der Waals surface area contributed by atoms with Gasteiger partial charge in [0.1, 0.15) is 11.6 Å². The number of carbonyl (C=O) groups excluding carboxylic acids is 1. The molecule has 1 fully saturated rings. The summed E-state index contributed by atoms with van der Waals surface area (Å²) in [5.41, 5.74) is 0.752. The molecule has 1 saturated heterocycles. The van der Waals surface area contributed by atoms with E-state index in [0.29, 0.717) is 37.9 Å². The number of aromatic nitrogens is 2. The molecule has 1 aliphatic heterocycles. The van der Waals surface area contributed by atoms with Crippen LogP contribution in [0.15, 0.2) is 18.2 Å². The first kappa shape index (κ1) is 27.8. The molecule has 188 valence electrons. The maximum atomic E-state index is 13.6. The number of ether oxygens (including phenoxy) is 1. The van der Waals surface area contributed by atoms with Crippen molar-refractivity contribution in [3.63, 3.8) is 0 Å². The van der Waals surface area contributed by atoms with E-state index in [1.165, 1.54) is 0 Å². The van der Waals surface area contributed by atoms with E-state index in [1.807, 2.05) is 13.8 Å². The third kappa shape index (κ3) is 7.80. The number of rotatable bonds is 5. The monoisotopic (exact) mass is 504 g/mol. The summed E-state index contributed by atoms with van der Waals surface area (Å²) in [6.45, 7) is 9.98. The zero-order valence-corrected chi connectivity index (χ0v) is 20.4. The summed E-state index contributed by atoms with van der Waals surface area (Å²) < 4.78 is 57.3. The third-order valence-corrected chi connectivity index (χ3v) is 5.48. The molecule has 11 heteroatoms. The summed E-state index contributed by atoms with van der Waals surface area (Å²) in [6.07, 6.45) is -3.34. The summed E-state index contributed by atoms with van der Waals surface area (Å²) in [7, 11) is 0. The van der Waals surface area contributed by atoms with Gasteiger partial charge in [-0.2, -0.15) is 13.2 Å². The van der Waals surface area contributed by atoms with Crippen molar-refractivity contribution in [2.45, 2.75) is 52.8 Å². The zero-order valence-electron chi connectivity index (χ0n) is 19.6. The molecule has 0 spiro atoms. The third-order valence-electron chi connectivity index (χ3n) is 5.31. The molecular weight excluding hydrogens is 476 g/mol. The summed E-state index contributed by atoms with van der Waals surface area (Å²) in [4.78, 5) is 20.8. The molecule has 1 amide bonds. The van der Waals surface area contributed by atoms with Gasteiger partial charge in [-0.05, 0) is 55.1 Å². The number of nitrogens with zero attached hydrogens (tertiary/aromatic N) is 3. The van der Waals surface area contributed by atoms with Crippen LogP contribution in [0.1, 0.15) is 56.1 Å². The van der Waals surface area contributed by atoms with Crippen molar-refractivity contribution in [2.75, 3.05) is 31.6 Å². The smallest absolute Gasteiger partial charge is 0.378 e. The number of carbonyl (C=O) groups is 1. The lowest BCUT2D eigenvalue weighted by Crippen LogP contribution is -2.39. The maximum Gasteiger partial charge on any atom is 0.416 e. The van der Waals surface area contributed by atoms with Crippen LogP contribution < -0.4 is 5.32 Å². The van der Waals surface area contributed by atoms with Crippen molar-refractivity contribution in [1.29, 1.82) is 0 Å². The number of morpholine rings is 1. The van der Waals surface area contributed by atoms with Crippen LogP contribution in [0.3, 0.4) is 0 Å². The summed E-state index contributed by atoms with van der Waals surface area (Å²) in [5, 5.41) is 3.08. The Kier molecular flexibility index (Phi) is 10.1. The minimum absolute atomic E-state index is 0.0546. The largest absolute Gasteiger partial charge is 0.416 e. The van der Waals surface area contributed by atoms with Crippen molar-refractivity contribution in [1.82, 2.24) is 14.9 Å². The molecule has 0 saturated carbocycles. The van der Waals surface area contributed by atoms with Crippen molar-refractivity contribution >= 4 is 23.3 Å². The van der Waals surface area contributed by atoms with Crippen LogP contribution in [0.2, 0.25) is 5.28 Å². The van der Waals surface area contributed by atoms with Gasteiger partial charge in [0.2, 0.25) is 11.2 Å². The Bertz CT molecular complexity index is 982. The van der Waals surface area contributed by atoms with E-state index in [0.717, 1.165) is 36.5 Å². The Labute approximate surface area is 201 Å². The van der Waals surface area contributed by atoms with E-state index < -0.39 is 23.6 Å². The molecule has 1 aliphatic rings. The van der Waals surface area contributed by atoms with E-state index in [9.17, 15) is 22.4 Å². The van der Waals surface area contributed by atoms with Crippen LogP contribution in [0, 0.1) is 5.82 Å². The Balaban J connectivity index is 0.000000379. The van der Waals surface area contributed by atoms with Gasteiger partial charge in [-0.3, -0.25) is 4.79 Å². The van der Waals surface area contributed by atoms with Crippen LogP contribution in [-0.2, 0) is 28.5 Å². The van der Waals surface area contributed by atoms with Crippen LogP contribution in [0.25, 0.3) is 0 Å². The SMILES string of the molecule is CC(=O)N1CCOCC1.CCc1nc(Cl)nc(NC(C)c2cc(F)cc(C(F)(F)F)c2)c1CC. The van der Waals surface area contributed by atoms with E-state index >= 15 is 0 Å². The molecule has 1 unspecified atom stereocenters. The Morgan fingerprint density at radius 1 is 1.18 bits per heavy atom. The molecule has 1 aromatic heterocycles. The minimum atomic E-state index is -4.61. The number of hydrogen-bond acceptors (Lipinski definition) is 5. The van der Waals surface area contributed by atoms with Gasteiger partial charge in [0.25, 0.3) is 0 Å². The molecule has 6 nitrogen and oxygen atoms in total. The fourth-order valence-electron chi connectivity index (χ4n) is 3.48. The number of alkyl halides is 3. The fraction of sp³-hybridized carbons (Fsp3) is 0.522. The predicted molar refractivity (Wildman–Crippen MR) is 122 cm³/mol. The second-order valence-electron chi connectivity index (χ2n) is 7.73. The lowest BCUT2D eigenvalue weighted by atomic mass is 10.0. The number of halogens is 5. The van der Waals surface area contributed by atoms with Gasteiger partial charge < -0.3 is 15.0 Å². The van der Waals surface area contributed by atoms with Crippen molar-refractivity contribution in [3.8, 4) is 0 Å². The van der Waals surface area contributed by atoms with Crippen molar-refractivity contribution in [3.05, 3.63) is 51.7 Å². The molecule has 1 atom stereocenters. The van der Waals surface area contributed by atoms with Crippen LogP contribution in [0.4, 0.5) is 23.4 Å². The predicted octanol–water partition coefficient (Wildman–Crippen LogP) is 5.45. The average Bonchev–Trinajstić information content (AvgIpc) is 2.78. The number of amides is 1. The summed E-state index contributed by atoms with van der Waals surface area (Å²) >= 11 is 5.93. The van der Waals surface area contributed by atoms with E-state index in [4.69, 9.17) is 16.3 Å². The maximum absolute atomic E-state index is 13.6. The second-order valence-corrected chi connectivity index (χ2v) is 8.07. The highest BCUT2D eigenvalue weighted by atomic mass is 35.5. The Morgan fingerprint density at radius 3 is 2.32 bits per heavy atom. The second kappa shape index (κ2) is 12.3. The number of aryl methyl sites for hydroxylation is 1. The Morgan fingerprint density at radius 2 is 1.82 bits per heavy atom. The molecule has 2 heterocycles. The van der Waals surface area contributed by atoms with Gasteiger partial charge >= 0.3 is 6.18 Å². The highest BCUT2D eigenvalue weighted by Gasteiger charge is 2.32. The number of benzene rings is 1. The van der Waals surface area contributed by atoms with Crippen LogP contribution >= 0.6 is 11.6 Å². The van der Waals surface area contributed by atoms with E-state index in [-0.39, 0.29) is 16.8 Å². The molecule has 0 bridgehead atoms. The molecular formula is C23H29ClF4N4O2. The first-order valence-electron chi connectivity index (χ1n) is 11.0. The molecule has 0 aliphatic carbocycles. The average molecular weight is 505 g/mol. The minimum Gasteiger partial charge on any atom is -0.378 e. The van der Waals surface area contributed by atoms with E-state index in [1.54, 1.807) is 18.7 Å². The summed E-state index contributed by atoms with van der Waals surface area (Å²) in [5.74, 6) is -0.341.